The Morgan fingerprint density at radius 1 is 1.37 bits per heavy atom. The Bertz CT molecular complexity index is 622. The van der Waals surface area contributed by atoms with Gasteiger partial charge in [0.25, 0.3) is 5.88 Å². The molecule has 2 rings (SSSR count). The van der Waals surface area contributed by atoms with E-state index in [0.29, 0.717) is 11.8 Å². The van der Waals surface area contributed by atoms with Crippen LogP contribution in [0.3, 0.4) is 0 Å². The van der Waals surface area contributed by atoms with E-state index < -0.39 is 5.82 Å². The Morgan fingerprint density at radius 2 is 2.16 bits per heavy atom. The topological polar surface area (TPSA) is 61.3 Å². The molecule has 0 radical (unpaired) electrons. The zero-order chi connectivity index (χ0) is 13.8. The minimum Gasteiger partial charge on any atom is -0.493 e. The van der Waals surface area contributed by atoms with Crippen molar-refractivity contribution in [2.75, 3.05) is 7.11 Å². The Balaban J connectivity index is 2.37. The molecule has 2 aromatic rings. The van der Waals surface area contributed by atoms with Crippen molar-refractivity contribution in [1.29, 1.82) is 0 Å². The van der Waals surface area contributed by atoms with Crippen molar-refractivity contribution in [3.63, 3.8) is 0 Å². The zero-order valence-electron chi connectivity index (χ0n) is 9.76. The van der Waals surface area contributed by atoms with Gasteiger partial charge in [0.2, 0.25) is 11.1 Å². The van der Waals surface area contributed by atoms with E-state index in [1.54, 1.807) is 0 Å². The van der Waals surface area contributed by atoms with Crippen LogP contribution < -0.4 is 9.47 Å². The van der Waals surface area contributed by atoms with Crippen molar-refractivity contribution in [3.05, 3.63) is 41.1 Å². The van der Waals surface area contributed by atoms with Crippen LogP contribution in [-0.4, -0.2) is 23.4 Å². The fourth-order valence-electron chi connectivity index (χ4n) is 1.35. The summed E-state index contributed by atoms with van der Waals surface area (Å²) < 4.78 is 23.7. The fourth-order valence-corrected chi connectivity index (χ4v) is 1.47. The highest BCUT2D eigenvalue weighted by Crippen LogP contribution is 2.32. The first kappa shape index (κ1) is 13.2. The molecule has 0 saturated heterocycles. The molecule has 19 heavy (non-hydrogen) atoms. The summed E-state index contributed by atoms with van der Waals surface area (Å²) in [4.78, 5) is 17.7. The van der Waals surface area contributed by atoms with Gasteiger partial charge < -0.3 is 9.47 Å². The number of benzene rings is 1. The molecule has 98 valence electrons. The van der Waals surface area contributed by atoms with E-state index in [2.05, 4.69) is 9.97 Å². The standard InChI is InChI=1S/C12H8ClFN2O3/c1-18-10-4-7(6-17)2-3-9(10)19-11-8(14)5-15-12(13)16-11/h2-6H,1H3. The average Bonchev–Trinajstić information content (AvgIpc) is 2.43. The summed E-state index contributed by atoms with van der Waals surface area (Å²) in [5.74, 6) is -0.594. The summed E-state index contributed by atoms with van der Waals surface area (Å²) in [6.45, 7) is 0. The van der Waals surface area contributed by atoms with Gasteiger partial charge in [-0.2, -0.15) is 9.37 Å². The number of ether oxygens (including phenoxy) is 2. The number of halogens is 2. The Hall–Kier alpha value is -2.21. The number of carbonyl (C=O) groups excluding carboxylic acids is 1. The van der Waals surface area contributed by atoms with E-state index >= 15 is 0 Å². The first-order valence-corrected chi connectivity index (χ1v) is 5.51. The van der Waals surface area contributed by atoms with Crippen molar-refractivity contribution in [3.8, 4) is 17.4 Å². The number of methoxy groups -OCH3 is 1. The van der Waals surface area contributed by atoms with Crippen LogP contribution in [0.25, 0.3) is 0 Å². The quantitative estimate of drug-likeness (QED) is 0.637. The molecule has 0 spiro atoms. The van der Waals surface area contributed by atoms with Crippen LogP contribution in [0.2, 0.25) is 5.28 Å². The minimum atomic E-state index is -0.758. The molecule has 0 aliphatic carbocycles. The number of rotatable bonds is 4. The van der Waals surface area contributed by atoms with Crippen LogP contribution >= 0.6 is 11.6 Å². The summed E-state index contributed by atoms with van der Waals surface area (Å²) in [6, 6.07) is 4.44. The van der Waals surface area contributed by atoms with Gasteiger partial charge >= 0.3 is 0 Å². The lowest BCUT2D eigenvalue weighted by Crippen LogP contribution is -1.97. The molecule has 0 fully saturated rings. The van der Waals surface area contributed by atoms with Crippen molar-refractivity contribution in [1.82, 2.24) is 9.97 Å². The largest absolute Gasteiger partial charge is 0.493 e. The minimum absolute atomic E-state index is 0.139. The predicted molar refractivity (Wildman–Crippen MR) is 65.5 cm³/mol. The van der Waals surface area contributed by atoms with Gasteiger partial charge in [0.15, 0.2) is 11.5 Å². The smallest absolute Gasteiger partial charge is 0.260 e. The number of hydrogen-bond donors (Lipinski definition) is 0. The molecule has 5 nitrogen and oxygen atoms in total. The summed E-state index contributed by atoms with van der Waals surface area (Å²) >= 11 is 5.56. The van der Waals surface area contributed by atoms with Gasteiger partial charge in [0.1, 0.15) is 6.29 Å². The summed E-state index contributed by atoms with van der Waals surface area (Å²) in [5.41, 5.74) is 0.408. The summed E-state index contributed by atoms with van der Waals surface area (Å²) in [5, 5.41) is -0.139. The first-order chi connectivity index (χ1) is 9.13. The second kappa shape index (κ2) is 5.62. The van der Waals surface area contributed by atoms with Crippen molar-refractivity contribution in [2.24, 2.45) is 0 Å². The predicted octanol–water partition coefficient (Wildman–Crippen LogP) is 2.88. The molecule has 1 aromatic carbocycles. The van der Waals surface area contributed by atoms with Crippen LogP contribution in [-0.2, 0) is 0 Å². The van der Waals surface area contributed by atoms with E-state index in [0.717, 1.165) is 6.20 Å². The van der Waals surface area contributed by atoms with E-state index in [-0.39, 0.29) is 22.7 Å². The number of carbonyl (C=O) groups is 1. The molecule has 0 N–H and O–H groups in total. The third kappa shape index (κ3) is 2.97. The van der Waals surface area contributed by atoms with Gasteiger partial charge in [-0.1, -0.05) is 0 Å². The molecule has 0 bridgehead atoms. The van der Waals surface area contributed by atoms with Crippen LogP contribution in [0.4, 0.5) is 4.39 Å². The molecule has 1 aromatic heterocycles. The first-order valence-electron chi connectivity index (χ1n) is 5.13. The maximum absolute atomic E-state index is 13.4. The van der Waals surface area contributed by atoms with Crippen LogP contribution in [0.15, 0.2) is 24.4 Å². The SMILES string of the molecule is COc1cc(C=O)ccc1Oc1nc(Cl)ncc1F. The second-order valence-electron chi connectivity index (χ2n) is 3.42. The lowest BCUT2D eigenvalue weighted by atomic mass is 10.2. The monoisotopic (exact) mass is 282 g/mol. The Labute approximate surface area is 113 Å². The third-order valence-corrected chi connectivity index (χ3v) is 2.40. The van der Waals surface area contributed by atoms with Crippen LogP contribution in [0, 0.1) is 5.82 Å². The average molecular weight is 283 g/mol. The summed E-state index contributed by atoms with van der Waals surface area (Å²) in [7, 11) is 1.40. The molecule has 0 atom stereocenters. The number of aldehydes is 1. The maximum Gasteiger partial charge on any atom is 0.260 e. The molecular formula is C12H8ClFN2O3. The zero-order valence-corrected chi connectivity index (χ0v) is 10.5. The van der Waals surface area contributed by atoms with Gasteiger partial charge in [-0.25, -0.2) is 4.98 Å². The number of nitrogens with zero attached hydrogens (tertiary/aromatic N) is 2. The van der Waals surface area contributed by atoms with Crippen molar-refractivity contribution in [2.45, 2.75) is 0 Å². The number of aromatic nitrogens is 2. The van der Waals surface area contributed by atoms with E-state index in [4.69, 9.17) is 21.1 Å². The van der Waals surface area contributed by atoms with E-state index in [1.807, 2.05) is 0 Å². The van der Waals surface area contributed by atoms with Crippen LogP contribution in [0.5, 0.6) is 17.4 Å². The fraction of sp³-hybridized carbons (Fsp3) is 0.0833. The Kier molecular flexibility index (Phi) is 3.91. The van der Waals surface area contributed by atoms with E-state index in [9.17, 15) is 9.18 Å². The van der Waals surface area contributed by atoms with Crippen LogP contribution in [0.1, 0.15) is 10.4 Å². The Morgan fingerprint density at radius 3 is 2.84 bits per heavy atom. The molecule has 0 unspecified atom stereocenters. The van der Waals surface area contributed by atoms with E-state index in [1.165, 1.54) is 25.3 Å². The molecular weight excluding hydrogens is 275 g/mol. The van der Waals surface area contributed by atoms with Gasteiger partial charge in [0.05, 0.1) is 13.3 Å². The molecule has 7 heteroatoms. The third-order valence-electron chi connectivity index (χ3n) is 2.21. The van der Waals surface area contributed by atoms with Gasteiger partial charge in [0, 0.05) is 5.56 Å². The van der Waals surface area contributed by atoms with Gasteiger partial charge in [-0.15, -0.1) is 0 Å². The second-order valence-corrected chi connectivity index (χ2v) is 3.76. The van der Waals surface area contributed by atoms with Gasteiger partial charge in [-0.3, -0.25) is 4.79 Å². The lowest BCUT2D eigenvalue weighted by Gasteiger charge is -2.10. The van der Waals surface area contributed by atoms with Gasteiger partial charge in [-0.05, 0) is 29.8 Å². The maximum atomic E-state index is 13.4. The van der Waals surface area contributed by atoms with Crippen molar-refractivity contribution < 1.29 is 18.7 Å². The molecule has 0 aliphatic heterocycles. The summed E-state index contributed by atoms with van der Waals surface area (Å²) in [6.07, 6.45) is 1.56. The highest BCUT2D eigenvalue weighted by molar-refractivity contribution is 6.28. The molecule has 1 heterocycles. The lowest BCUT2D eigenvalue weighted by molar-refractivity contribution is 0.112. The number of hydrogen-bond acceptors (Lipinski definition) is 5. The van der Waals surface area contributed by atoms with Crippen molar-refractivity contribution >= 4 is 17.9 Å². The molecule has 0 amide bonds. The highest BCUT2D eigenvalue weighted by atomic mass is 35.5. The molecule has 0 saturated carbocycles. The molecule has 0 aliphatic rings. The highest BCUT2D eigenvalue weighted by Gasteiger charge is 2.12. The normalized spacial score (nSPS) is 10.1.